The van der Waals surface area contributed by atoms with Gasteiger partial charge in [0.15, 0.2) is 4.77 Å². The van der Waals surface area contributed by atoms with Crippen LogP contribution in [0.3, 0.4) is 0 Å². The number of aromatic amines is 1. The number of anilines is 2. The van der Waals surface area contributed by atoms with E-state index >= 15 is 0 Å². The molecule has 0 atom stereocenters. The fourth-order valence-corrected chi connectivity index (χ4v) is 2.43. The average molecular weight is 326 g/mol. The van der Waals surface area contributed by atoms with Crippen LogP contribution in [0, 0.1) is 4.77 Å². The van der Waals surface area contributed by atoms with Crippen molar-refractivity contribution >= 4 is 29.5 Å². The molecule has 23 heavy (non-hydrogen) atoms. The second-order valence-electron chi connectivity index (χ2n) is 4.91. The number of benzene rings is 2. The Kier molecular flexibility index (Phi) is 3.86. The van der Waals surface area contributed by atoms with E-state index in [0.717, 1.165) is 5.69 Å². The molecule has 116 valence electrons. The lowest BCUT2D eigenvalue weighted by atomic mass is 10.1. The summed E-state index contributed by atoms with van der Waals surface area (Å²) >= 11 is 5.18. The van der Waals surface area contributed by atoms with Gasteiger partial charge < -0.3 is 21.1 Å². The van der Waals surface area contributed by atoms with Crippen LogP contribution >= 0.6 is 12.2 Å². The van der Waals surface area contributed by atoms with E-state index in [0.29, 0.717) is 16.1 Å². The molecule has 0 aliphatic heterocycles. The summed E-state index contributed by atoms with van der Waals surface area (Å²) in [6.45, 7) is 0. The first-order chi connectivity index (χ1) is 11.0. The number of carbonyl (C=O) groups is 1. The van der Waals surface area contributed by atoms with Crippen LogP contribution in [0.4, 0.5) is 11.4 Å². The Balaban J connectivity index is 1.89. The van der Waals surface area contributed by atoms with Crippen molar-refractivity contribution in [1.29, 1.82) is 0 Å². The molecule has 0 aliphatic carbocycles. The molecule has 0 saturated carbocycles. The van der Waals surface area contributed by atoms with Gasteiger partial charge in [0.25, 0.3) is 5.91 Å². The number of imidazole rings is 1. The van der Waals surface area contributed by atoms with Crippen molar-refractivity contribution < 1.29 is 9.90 Å². The molecule has 0 saturated heterocycles. The predicted molar refractivity (Wildman–Crippen MR) is 91.4 cm³/mol. The first-order valence-electron chi connectivity index (χ1n) is 6.81. The van der Waals surface area contributed by atoms with Crippen LogP contribution in [0.1, 0.15) is 10.4 Å². The van der Waals surface area contributed by atoms with Crippen LogP contribution in [0.2, 0.25) is 0 Å². The first-order valence-corrected chi connectivity index (χ1v) is 7.22. The molecular weight excluding hydrogens is 312 g/mol. The summed E-state index contributed by atoms with van der Waals surface area (Å²) in [6, 6.07) is 11.5. The number of amides is 1. The number of aromatic nitrogens is 2. The van der Waals surface area contributed by atoms with E-state index in [9.17, 15) is 9.90 Å². The van der Waals surface area contributed by atoms with Crippen LogP contribution in [-0.4, -0.2) is 20.6 Å². The van der Waals surface area contributed by atoms with Crippen molar-refractivity contribution in [3.05, 3.63) is 65.2 Å². The van der Waals surface area contributed by atoms with Crippen molar-refractivity contribution in [3.63, 3.8) is 0 Å². The maximum absolute atomic E-state index is 12.3. The van der Waals surface area contributed by atoms with E-state index in [2.05, 4.69) is 10.3 Å². The fraction of sp³-hybridized carbons (Fsp3) is 0. The largest absolute Gasteiger partial charge is 0.508 e. The molecule has 0 unspecified atom stereocenters. The molecule has 0 spiro atoms. The van der Waals surface area contributed by atoms with Crippen LogP contribution in [0.5, 0.6) is 5.75 Å². The monoisotopic (exact) mass is 326 g/mol. The van der Waals surface area contributed by atoms with Crippen molar-refractivity contribution in [1.82, 2.24) is 9.55 Å². The quantitative estimate of drug-likeness (QED) is 0.338. The van der Waals surface area contributed by atoms with Gasteiger partial charge in [-0.15, -0.1) is 0 Å². The van der Waals surface area contributed by atoms with Crippen LogP contribution < -0.4 is 11.1 Å². The van der Waals surface area contributed by atoms with E-state index in [4.69, 9.17) is 18.0 Å². The molecule has 3 rings (SSSR count). The van der Waals surface area contributed by atoms with E-state index in [1.807, 2.05) is 12.1 Å². The lowest BCUT2D eigenvalue weighted by Crippen LogP contribution is -2.14. The summed E-state index contributed by atoms with van der Waals surface area (Å²) in [7, 11) is 0. The maximum Gasteiger partial charge on any atom is 0.257 e. The summed E-state index contributed by atoms with van der Waals surface area (Å²) in [5.41, 5.74) is 7.70. The SMILES string of the molecule is Nc1ccc(O)cc1C(=O)Nc1cccc(-n2cc[nH]c2=S)c1. The minimum atomic E-state index is -0.395. The van der Waals surface area contributed by atoms with Crippen LogP contribution in [0.15, 0.2) is 54.9 Å². The van der Waals surface area contributed by atoms with Crippen molar-refractivity contribution in [2.75, 3.05) is 11.1 Å². The molecule has 5 N–H and O–H groups in total. The Hall–Kier alpha value is -3.06. The van der Waals surface area contributed by atoms with E-state index in [-0.39, 0.29) is 11.3 Å². The highest BCUT2D eigenvalue weighted by Crippen LogP contribution is 2.21. The number of carbonyl (C=O) groups excluding carboxylic acids is 1. The number of H-pyrrole nitrogens is 1. The third kappa shape index (κ3) is 3.09. The summed E-state index contributed by atoms with van der Waals surface area (Å²) in [5.74, 6) is -0.412. The number of rotatable bonds is 3. The predicted octanol–water partition coefficient (Wildman–Crippen LogP) is 3.07. The van der Waals surface area contributed by atoms with E-state index in [1.165, 1.54) is 18.2 Å². The van der Waals surface area contributed by atoms with Gasteiger partial charge >= 0.3 is 0 Å². The van der Waals surface area contributed by atoms with Gasteiger partial charge in [-0.2, -0.15) is 0 Å². The maximum atomic E-state index is 12.3. The van der Waals surface area contributed by atoms with Gasteiger partial charge in [0.1, 0.15) is 5.75 Å². The van der Waals surface area contributed by atoms with Gasteiger partial charge in [-0.05, 0) is 48.6 Å². The normalized spacial score (nSPS) is 10.4. The van der Waals surface area contributed by atoms with E-state index < -0.39 is 5.91 Å². The standard InChI is InChI=1S/C16H14N4O2S/c17-14-5-4-12(21)9-13(14)15(22)19-10-2-1-3-11(8-10)20-7-6-18-16(20)23/h1-9,21H,17H2,(H,18,23)(H,19,22). The van der Waals surface area contributed by atoms with Gasteiger partial charge in [-0.3, -0.25) is 9.36 Å². The lowest BCUT2D eigenvalue weighted by Gasteiger charge is -2.10. The summed E-state index contributed by atoms with van der Waals surface area (Å²) < 4.78 is 2.35. The molecule has 6 nitrogen and oxygen atoms in total. The summed E-state index contributed by atoms with van der Waals surface area (Å²) in [4.78, 5) is 15.2. The molecule has 3 aromatic rings. The van der Waals surface area contributed by atoms with E-state index in [1.54, 1.807) is 29.1 Å². The second-order valence-corrected chi connectivity index (χ2v) is 5.30. The first kappa shape index (κ1) is 14.9. The Bertz CT molecular complexity index is 930. The number of phenolic OH excluding ortho intramolecular Hbond substituents is 1. The molecule has 0 bridgehead atoms. The van der Waals surface area contributed by atoms with Gasteiger partial charge in [0.05, 0.1) is 5.56 Å². The third-order valence-corrected chi connectivity index (χ3v) is 3.63. The van der Waals surface area contributed by atoms with Crippen LogP contribution in [-0.2, 0) is 0 Å². The molecule has 7 heteroatoms. The molecule has 1 aromatic heterocycles. The van der Waals surface area contributed by atoms with Gasteiger partial charge in [-0.1, -0.05) is 6.07 Å². The molecule has 0 radical (unpaired) electrons. The average Bonchev–Trinajstić information content (AvgIpc) is 2.96. The Morgan fingerprint density at radius 1 is 1.26 bits per heavy atom. The zero-order chi connectivity index (χ0) is 16.4. The zero-order valence-electron chi connectivity index (χ0n) is 12.0. The molecule has 0 fully saturated rings. The van der Waals surface area contributed by atoms with Crippen molar-refractivity contribution in [2.24, 2.45) is 0 Å². The lowest BCUT2D eigenvalue weighted by molar-refractivity contribution is 0.102. The van der Waals surface area contributed by atoms with Crippen LogP contribution in [0.25, 0.3) is 5.69 Å². The highest BCUT2D eigenvalue weighted by molar-refractivity contribution is 7.71. The third-order valence-electron chi connectivity index (χ3n) is 3.31. The van der Waals surface area contributed by atoms with Gasteiger partial charge in [0.2, 0.25) is 0 Å². The number of aromatic hydroxyl groups is 1. The smallest absolute Gasteiger partial charge is 0.257 e. The number of nitrogens with one attached hydrogen (secondary N) is 2. The topological polar surface area (TPSA) is 96.1 Å². The van der Waals surface area contributed by atoms with Gasteiger partial charge in [-0.25, -0.2) is 0 Å². The summed E-state index contributed by atoms with van der Waals surface area (Å²) in [5, 5.41) is 12.3. The highest BCUT2D eigenvalue weighted by atomic mass is 32.1. The molecule has 2 aromatic carbocycles. The number of hydrogen-bond donors (Lipinski definition) is 4. The van der Waals surface area contributed by atoms with Gasteiger partial charge in [0, 0.05) is 29.5 Å². The fourth-order valence-electron chi connectivity index (χ4n) is 2.20. The Morgan fingerprint density at radius 2 is 2.09 bits per heavy atom. The van der Waals surface area contributed by atoms with Crippen molar-refractivity contribution in [3.8, 4) is 11.4 Å². The Morgan fingerprint density at radius 3 is 2.83 bits per heavy atom. The number of nitrogens with zero attached hydrogens (tertiary/aromatic N) is 1. The zero-order valence-corrected chi connectivity index (χ0v) is 12.8. The summed E-state index contributed by atoms with van der Waals surface area (Å²) in [6.07, 6.45) is 3.54. The molecule has 0 aliphatic rings. The Labute approximate surface area is 137 Å². The van der Waals surface area contributed by atoms with Crippen molar-refractivity contribution in [2.45, 2.75) is 0 Å². The molecule has 1 heterocycles. The number of phenols is 1. The molecular formula is C16H14N4O2S. The number of hydrogen-bond acceptors (Lipinski definition) is 4. The molecule has 1 amide bonds. The number of nitrogens with two attached hydrogens (primary N) is 1. The number of nitrogen functional groups attached to an aromatic ring is 1. The highest BCUT2D eigenvalue weighted by Gasteiger charge is 2.11. The minimum Gasteiger partial charge on any atom is -0.508 e. The minimum absolute atomic E-state index is 0.0169. The second kappa shape index (κ2) is 5.98.